The zero-order valence-corrected chi connectivity index (χ0v) is 16.3. The Kier molecular flexibility index (Phi) is 4.72. The summed E-state index contributed by atoms with van der Waals surface area (Å²) < 4.78 is 53.6. The Bertz CT molecular complexity index is 1030. The summed E-state index contributed by atoms with van der Waals surface area (Å²) in [5, 5.41) is 9.22. The lowest BCUT2D eigenvalue weighted by Crippen LogP contribution is -2.47. The molecule has 0 unspecified atom stereocenters. The molecule has 1 fully saturated rings. The van der Waals surface area contributed by atoms with E-state index in [9.17, 15) is 27.1 Å². The van der Waals surface area contributed by atoms with Gasteiger partial charge in [0.1, 0.15) is 0 Å². The van der Waals surface area contributed by atoms with Crippen LogP contribution in [0.15, 0.2) is 53.4 Å². The third kappa shape index (κ3) is 3.23. The fourth-order valence-electron chi connectivity index (χ4n) is 4.27. The van der Waals surface area contributed by atoms with Crippen LogP contribution in [0.4, 0.5) is 19.3 Å². The number of sulfonamides is 1. The van der Waals surface area contributed by atoms with E-state index in [2.05, 4.69) is 0 Å². The monoisotopic (exact) mass is 422 g/mol. The van der Waals surface area contributed by atoms with Gasteiger partial charge in [-0.2, -0.15) is 0 Å². The van der Waals surface area contributed by atoms with Crippen LogP contribution in [0.3, 0.4) is 0 Å². The number of benzene rings is 2. The number of anilines is 1. The van der Waals surface area contributed by atoms with Gasteiger partial charge in [0.2, 0.25) is 0 Å². The number of rotatable bonds is 3. The first-order valence-electron chi connectivity index (χ1n) is 9.23. The summed E-state index contributed by atoms with van der Waals surface area (Å²) in [6.45, 7) is 0.875. The molecule has 2 heterocycles. The first-order chi connectivity index (χ1) is 13.7. The molecule has 29 heavy (non-hydrogen) atoms. The second-order valence-corrected chi connectivity index (χ2v) is 9.31. The second kappa shape index (κ2) is 6.98. The highest BCUT2D eigenvalue weighted by molar-refractivity contribution is 7.92. The molecule has 0 aliphatic carbocycles. The third-order valence-electron chi connectivity index (χ3n) is 5.90. The number of fused-ring (bicyclic) bond motifs is 2. The minimum absolute atomic E-state index is 0.0447. The van der Waals surface area contributed by atoms with Crippen LogP contribution >= 0.6 is 0 Å². The second-order valence-electron chi connectivity index (χ2n) is 7.45. The van der Waals surface area contributed by atoms with Gasteiger partial charge in [0.05, 0.1) is 10.6 Å². The summed E-state index contributed by atoms with van der Waals surface area (Å²) in [4.78, 5) is 12.6. The van der Waals surface area contributed by atoms with Crippen LogP contribution in [0.2, 0.25) is 0 Å². The van der Waals surface area contributed by atoms with E-state index < -0.39 is 28.0 Å². The largest absolute Gasteiger partial charge is 0.465 e. The number of carboxylic acid groups (broad SMARTS) is 1. The molecular formula is C20H20F2N2O4S. The highest BCUT2D eigenvalue weighted by atomic mass is 32.2. The standard InChI is InChI=1S/C20H20F2N2O4S/c21-18(22)14-5-7-15(8-6-14)29(27,28)24-13-20(16-3-1-2-4-17(16)24)9-11-23(12-10-20)19(25)26/h1-8,18H,9-13H2,(H,25,26). The molecule has 6 nitrogen and oxygen atoms in total. The van der Waals surface area contributed by atoms with Crippen LogP contribution < -0.4 is 4.31 Å². The molecule has 0 aromatic heterocycles. The molecular weight excluding hydrogens is 402 g/mol. The van der Waals surface area contributed by atoms with Gasteiger partial charge >= 0.3 is 6.09 Å². The zero-order valence-electron chi connectivity index (χ0n) is 15.5. The predicted octanol–water partition coefficient (Wildman–Crippen LogP) is 3.84. The van der Waals surface area contributed by atoms with E-state index >= 15 is 0 Å². The Labute approximate surface area is 167 Å². The first-order valence-corrected chi connectivity index (χ1v) is 10.7. The molecule has 2 aliphatic heterocycles. The van der Waals surface area contributed by atoms with E-state index in [0.29, 0.717) is 31.6 Å². The maximum absolute atomic E-state index is 13.3. The Balaban J connectivity index is 1.69. The fourth-order valence-corrected chi connectivity index (χ4v) is 5.84. The van der Waals surface area contributed by atoms with Crippen molar-refractivity contribution in [2.45, 2.75) is 29.6 Å². The van der Waals surface area contributed by atoms with E-state index in [1.54, 1.807) is 12.1 Å². The molecule has 1 saturated heterocycles. The molecule has 2 aromatic rings. The maximum atomic E-state index is 13.3. The van der Waals surface area contributed by atoms with Crippen LogP contribution in [0.1, 0.15) is 30.4 Å². The fraction of sp³-hybridized carbons (Fsp3) is 0.350. The lowest BCUT2D eigenvalue weighted by Gasteiger charge is -2.38. The van der Waals surface area contributed by atoms with E-state index in [-0.39, 0.29) is 17.0 Å². The predicted molar refractivity (Wildman–Crippen MR) is 103 cm³/mol. The molecule has 2 aromatic carbocycles. The Morgan fingerprint density at radius 3 is 2.24 bits per heavy atom. The third-order valence-corrected chi connectivity index (χ3v) is 7.68. The van der Waals surface area contributed by atoms with Crippen molar-refractivity contribution in [3.8, 4) is 0 Å². The summed E-state index contributed by atoms with van der Waals surface area (Å²) in [7, 11) is -3.94. The van der Waals surface area contributed by atoms with Gasteiger partial charge in [-0.15, -0.1) is 0 Å². The van der Waals surface area contributed by atoms with Crippen molar-refractivity contribution >= 4 is 21.8 Å². The van der Waals surface area contributed by atoms with Crippen LogP contribution in [-0.4, -0.2) is 44.2 Å². The minimum atomic E-state index is -3.94. The van der Waals surface area contributed by atoms with Gasteiger partial charge in [-0.05, 0) is 36.6 Å². The summed E-state index contributed by atoms with van der Waals surface area (Å²) in [5.74, 6) is 0. The zero-order chi connectivity index (χ0) is 20.8. The van der Waals surface area contributed by atoms with Crippen molar-refractivity contribution in [2.75, 3.05) is 23.9 Å². The van der Waals surface area contributed by atoms with Crippen molar-refractivity contribution in [2.24, 2.45) is 0 Å². The molecule has 4 rings (SSSR count). The number of hydrogen-bond donors (Lipinski definition) is 1. The summed E-state index contributed by atoms with van der Waals surface area (Å²) in [6, 6.07) is 11.9. The summed E-state index contributed by atoms with van der Waals surface area (Å²) in [5.41, 5.74) is 0.758. The smallest absolute Gasteiger partial charge is 0.407 e. The van der Waals surface area contributed by atoms with Crippen LogP contribution in [0.25, 0.3) is 0 Å². The molecule has 1 spiro atoms. The number of likely N-dealkylation sites (tertiary alicyclic amines) is 1. The number of amides is 1. The van der Waals surface area contributed by atoms with E-state index in [1.165, 1.54) is 21.3 Å². The Morgan fingerprint density at radius 2 is 1.66 bits per heavy atom. The number of nitrogens with zero attached hydrogens (tertiary/aromatic N) is 2. The topological polar surface area (TPSA) is 77.9 Å². The number of piperidine rings is 1. The Hall–Kier alpha value is -2.68. The van der Waals surface area contributed by atoms with Gasteiger partial charge in [0.25, 0.3) is 16.4 Å². The number of hydrogen-bond acceptors (Lipinski definition) is 3. The summed E-state index contributed by atoms with van der Waals surface area (Å²) >= 11 is 0. The molecule has 2 aliphatic rings. The average molecular weight is 422 g/mol. The quantitative estimate of drug-likeness (QED) is 0.815. The van der Waals surface area contributed by atoms with E-state index in [1.807, 2.05) is 12.1 Å². The number of para-hydroxylation sites is 1. The van der Waals surface area contributed by atoms with Gasteiger partial charge in [0.15, 0.2) is 0 Å². The lowest BCUT2D eigenvalue weighted by molar-refractivity contribution is 0.119. The number of halogens is 2. The van der Waals surface area contributed by atoms with Gasteiger partial charge in [0, 0.05) is 30.6 Å². The van der Waals surface area contributed by atoms with E-state index in [4.69, 9.17) is 0 Å². The molecule has 0 bridgehead atoms. The van der Waals surface area contributed by atoms with Gasteiger partial charge in [-0.3, -0.25) is 4.31 Å². The van der Waals surface area contributed by atoms with Crippen LogP contribution in [0, 0.1) is 0 Å². The van der Waals surface area contributed by atoms with Crippen molar-refractivity contribution in [3.63, 3.8) is 0 Å². The highest BCUT2D eigenvalue weighted by Gasteiger charge is 2.48. The van der Waals surface area contributed by atoms with Gasteiger partial charge in [-0.1, -0.05) is 30.3 Å². The molecule has 0 saturated carbocycles. The SMILES string of the molecule is O=C(O)N1CCC2(CC1)CN(S(=O)(=O)c1ccc(C(F)F)cc1)c1ccccc12. The average Bonchev–Trinajstić information content (AvgIpc) is 3.03. The molecule has 0 radical (unpaired) electrons. The molecule has 1 amide bonds. The molecule has 0 atom stereocenters. The minimum Gasteiger partial charge on any atom is -0.465 e. The van der Waals surface area contributed by atoms with Crippen LogP contribution in [0.5, 0.6) is 0 Å². The summed E-state index contributed by atoms with van der Waals surface area (Å²) in [6.07, 6.45) is -2.60. The van der Waals surface area contributed by atoms with Crippen molar-refractivity contribution < 1.29 is 27.1 Å². The maximum Gasteiger partial charge on any atom is 0.407 e. The molecule has 154 valence electrons. The Morgan fingerprint density at radius 1 is 1.03 bits per heavy atom. The van der Waals surface area contributed by atoms with Crippen LogP contribution in [-0.2, 0) is 15.4 Å². The van der Waals surface area contributed by atoms with Gasteiger partial charge < -0.3 is 10.0 Å². The van der Waals surface area contributed by atoms with Crippen molar-refractivity contribution in [1.82, 2.24) is 4.90 Å². The van der Waals surface area contributed by atoms with Gasteiger partial charge in [-0.25, -0.2) is 22.0 Å². The lowest BCUT2D eigenvalue weighted by atomic mass is 9.74. The first kappa shape index (κ1) is 19.6. The van der Waals surface area contributed by atoms with Crippen molar-refractivity contribution in [1.29, 1.82) is 0 Å². The molecule has 1 N–H and O–H groups in total. The van der Waals surface area contributed by atoms with Crippen molar-refractivity contribution in [3.05, 3.63) is 59.7 Å². The number of alkyl halides is 2. The normalized spacial score (nSPS) is 18.3. The number of carbonyl (C=O) groups is 1. The van der Waals surface area contributed by atoms with E-state index in [0.717, 1.165) is 17.7 Å². The molecule has 9 heteroatoms. The highest BCUT2D eigenvalue weighted by Crippen LogP contribution is 2.48.